The molecule has 1 atom stereocenters. The highest BCUT2D eigenvalue weighted by Crippen LogP contribution is 2.42. The van der Waals surface area contributed by atoms with Gasteiger partial charge in [-0.05, 0) is 30.3 Å². The number of amides is 1. The van der Waals surface area contributed by atoms with Gasteiger partial charge < -0.3 is 9.52 Å². The highest BCUT2D eigenvalue weighted by atomic mass is 35.5. The molecule has 1 amide bonds. The number of hydrogen-bond donors (Lipinski definition) is 1. The minimum Gasteiger partial charge on any atom is -0.503 e. The van der Waals surface area contributed by atoms with Crippen molar-refractivity contribution in [3.8, 4) is 0 Å². The Kier molecular flexibility index (Phi) is 4.20. The molecule has 3 rings (SSSR count). The zero-order valence-electron chi connectivity index (χ0n) is 13.2. The molecule has 2 aromatic rings. The van der Waals surface area contributed by atoms with Gasteiger partial charge in [0.1, 0.15) is 11.8 Å². The lowest BCUT2D eigenvalue weighted by Crippen LogP contribution is -2.31. The summed E-state index contributed by atoms with van der Waals surface area (Å²) in [6.07, 6.45) is 1.46. The maximum absolute atomic E-state index is 12.6. The van der Waals surface area contributed by atoms with Crippen LogP contribution in [0, 0.1) is 5.92 Å². The van der Waals surface area contributed by atoms with Gasteiger partial charge in [-0.3, -0.25) is 14.5 Å². The molecule has 2 heterocycles. The van der Waals surface area contributed by atoms with Gasteiger partial charge in [-0.15, -0.1) is 0 Å². The Balaban J connectivity index is 2.17. The molecule has 0 fully saturated rings. The monoisotopic (exact) mass is 345 g/mol. The average molecular weight is 346 g/mol. The number of nitrogens with zero attached hydrogens (tertiary/aromatic N) is 1. The van der Waals surface area contributed by atoms with Gasteiger partial charge >= 0.3 is 0 Å². The maximum atomic E-state index is 12.6. The molecule has 124 valence electrons. The van der Waals surface area contributed by atoms with Crippen LogP contribution in [0.4, 0.5) is 5.69 Å². The van der Waals surface area contributed by atoms with Gasteiger partial charge in [-0.25, -0.2) is 0 Å². The lowest BCUT2D eigenvalue weighted by Gasteiger charge is -2.25. The molecule has 1 aliphatic rings. The van der Waals surface area contributed by atoms with Crippen molar-refractivity contribution in [1.82, 2.24) is 0 Å². The van der Waals surface area contributed by atoms with Crippen molar-refractivity contribution in [3.63, 3.8) is 0 Å². The van der Waals surface area contributed by atoms with Crippen LogP contribution in [0.15, 0.2) is 58.4 Å². The number of aliphatic hydroxyl groups excluding tert-OH is 1. The molecule has 24 heavy (non-hydrogen) atoms. The van der Waals surface area contributed by atoms with Gasteiger partial charge in [0.2, 0.25) is 0 Å². The minimum atomic E-state index is -0.819. The maximum Gasteiger partial charge on any atom is 0.294 e. The lowest BCUT2D eigenvalue weighted by atomic mass is 9.94. The fraction of sp³-hybridized carbons (Fsp3) is 0.222. The van der Waals surface area contributed by atoms with E-state index in [0.717, 1.165) is 0 Å². The Morgan fingerprint density at radius 1 is 1.29 bits per heavy atom. The Labute approximate surface area is 144 Å². The van der Waals surface area contributed by atoms with Crippen molar-refractivity contribution in [3.05, 3.63) is 64.8 Å². The van der Waals surface area contributed by atoms with Crippen LogP contribution in [0.5, 0.6) is 0 Å². The molecule has 0 bridgehead atoms. The molecule has 1 aliphatic heterocycles. The van der Waals surface area contributed by atoms with Crippen LogP contribution in [-0.2, 0) is 9.59 Å². The average Bonchev–Trinajstić information content (AvgIpc) is 3.14. The van der Waals surface area contributed by atoms with Crippen LogP contribution >= 0.6 is 11.6 Å². The number of carbonyl (C=O) groups excluding carboxylic acids is 2. The Hall–Kier alpha value is -2.53. The van der Waals surface area contributed by atoms with Crippen LogP contribution in [0.1, 0.15) is 25.6 Å². The highest BCUT2D eigenvalue weighted by molar-refractivity contribution is 6.31. The standard InChI is InChI=1S/C18H16ClNO4/c1-10(2)16(21)14-15(13-7-4-8-24-13)20(18(23)17(14)22)12-6-3-5-11(19)9-12/h3-10,15,22H,1-2H3. The van der Waals surface area contributed by atoms with Gasteiger partial charge in [0.15, 0.2) is 11.5 Å². The second-order valence-electron chi connectivity index (χ2n) is 5.85. The SMILES string of the molecule is CC(C)C(=O)C1=C(O)C(=O)N(c2cccc(Cl)c2)C1c1ccco1. The number of Topliss-reactive ketones (excluding diaryl/α,β-unsaturated/α-hetero) is 1. The van der Waals surface area contributed by atoms with Crippen LogP contribution in [0.3, 0.4) is 0 Å². The third-order valence-electron chi connectivity index (χ3n) is 3.90. The van der Waals surface area contributed by atoms with Gasteiger partial charge in [0.05, 0.1) is 11.8 Å². The van der Waals surface area contributed by atoms with Crippen molar-refractivity contribution >= 4 is 29.0 Å². The Bertz CT molecular complexity index is 823. The number of aliphatic hydroxyl groups is 1. The zero-order valence-corrected chi connectivity index (χ0v) is 13.9. The Morgan fingerprint density at radius 3 is 2.62 bits per heavy atom. The summed E-state index contributed by atoms with van der Waals surface area (Å²) in [7, 11) is 0. The van der Waals surface area contributed by atoms with Crippen molar-refractivity contribution in [2.24, 2.45) is 5.92 Å². The molecule has 1 unspecified atom stereocenters. The first-order valence-electron chi connectivity index (χ1n) is 7.51. The first-order valence-corrected chi connectivity index (χ1v) is 7.89. The van der Waals surface area contributed by atoms with Crippen LogP contribution in [-0.4, -0.2) is 16.8 Å². The van der Waals surface area contributed by atoms with Crippen molar-refractivity contribution in [2.75, 3.05) is 4.90 Å². The number of ketones is 1. The van der Waals surface area contributed by atoms with Gasteiger partial charge in [-0.2, -0.15) is 0 Å². The quantitative estimate of drug-likeness (QED) is 0.907. The van der Waals surface area contributed by atoms with E-state index in [1.807, 2.05) is 0 Å². The molecule has 0 spiro atoms. The number of carbonyl (C=O) groups is 2. The van der Waals surface area contributed by atoms with Crippen molar-refractivity contribution in [2.45, 2.75) is 19.9 Å². The topological polar surface area (TPSA) is 70.8 Å². The molecule has 0 radical (unpaired) electrons. The molecule has 0 saturated heterocycles. The predicted octanol–water partition coefficient (Wildman–Crippen LogP) is 4.06. The van der Waals surface area contributed by atoms with Crippen LogP contribution < -0.4 is 4.90 Å². The first-order chi connectivity index (χ1) is 11.4. The van der Waals surface area contributed by atoms with E-state index < -0.39 is 17.7 Å². The van der Waals surface area contributed by atoms with Crippen molar-refractivity contribution < 1.29 is 19.1 Å². The largest absolute Gasteiger partial charge is 0.503 e. The number of hydrogen-bond acceptors (Lipinski definition) is 4. The fourth-order valence-electron chi connectivity index (χ4n) is 2.78. The normalized spacial score (nSPS) is 17.9. The second-order valence-corrected chi connectivity index (χ2v) is 6.29. The van der Waals surface area contributed by atoms with Gasteiger partial charge in [0.25, 0.3) is 5.91 Å². The van der Waals surface area contributed by atoms with E-state index in [9.17, 15) is 14.7 Å². The fourth-order valence-corrected chi connectivity index (χ4v) is 2.96. The van der Waals surface area contributed by atoms with E-state index in [-0.39, 0.29) is 17.3 Å². The second kappa shape index (κ2) is 6.17. The number of halogens is 1. The smallest absolute Gasteiger partial charge is 0.294 e. The summed E-state index contributed by atoms with van der Waals surface area (Å²) in [4.78, 5) is 26.6. The van der Waals surface area contributed by atoms with E-state index in [1.54, 1.807) is 50.2 Å². The number of benzene rings is 1. The van der Waals surface area contributed by atoms with Crippen LogP contribution in [0.25, 0.3) is 0 Å². The zero-order chi connectivity index (χ0) is 17.4. The molecule has 1 aromatic carbocycles. The lowest BCUT2D eigenvalue weighted by molar-refractivity contribution is -0.119. The number of anilines is 1. The summed E-state index contributed by atoms with van der Waals surface area (Å²) in [5.74, 6) is -1.47. The van der Waals surface area contributed by atoms with E-state index in [4.69, 9.17) is 16.0 Å². The molecule has 5 nitrogen and oxygen atoms in total. The van der Waals surface area contributed by atoms with E-state index in [1.165, 1.54) is 11.2 Å². The minimum absolute atomic E-state index is 0.0462. The highest BCUT2D eigenvalue weighted by Gasteiger charge is 2.46. The van der Waals surface area contributed by atoms with E-state index in [0.29, 0.717) is 16.5 Å². The number of rotatable bonds is 4. The van der Waals surface area contributed by atoms with Gasteiger partial charge in [-0.1, -0.05) is 31.5 Å². The van der Waals surface area contributed by atoms with Gasteiger partial charge in [0, 0.05) is 16.6 Å². The molecule has 0 saturated carbocycles. The summed E-state index contributed by atoms with van der Waals surface area (Å²) in [6, 6.07) is 9.19. The molecule has 6 heteroatoms. The summed E-state index contributed by atoms with van der Waals surface area (Å²) in [6.45, 7) is 3.43. The summed E-state index contributed by atoms with van der Waals surface area (Å²) in [5, 5.41) is 10.8. The third kappa shape index (κ3) is 2.61. The third-order valence-corrected chi connectivity index (χ3v) is 4.13. The molecule has 1 N–H and O–H groups in total. The Morgan fingerprint density at radius 2 is 2.04 bits per heavy atom. The number of furan rings is 1. The molecule has 1 aromatic heterocycles. The van der Waals surface area contributed by atoms with E-state index >= 15 is 0 Å². The summed E-state index contributed by atoms with van der Waals surface area (Å²) in [5.41, 5.74) is 0.525. The van der Waals surface area contributed by atoms with Crippen LogP contribution in [0.2, 0.25) is 5.02 Å². The van der Waals surface area contributed by atoms with Crippen molar-refractivity contribution in [1.29, 1.82) is 0 Å². The molecular weight excluding hydrogens is 330 g/mol. The van der Waals surface area contributed by atoms with E-state index in [2.05, 4.69) is 0 Å². The first kappa shape index (κ1) is 16.3. The molecular formula is C18H16ClNO4. The summed E-state index contributed by atoms with van der Waals surface area (Å²) < 4.78 is 5.43. The molecule has 0 aliphatic carbocycles. The summed E-state index contributed by atoms with van der Waals surface area (Å²) >= 11 is 6.02. The predicted molar refractivity (Wildman–Crippen MR) is 89.9 cm³/mol.